The van der Waals surface area contributed by atoms with Gasteiger partial charge in [0, 0.05) is 12.6 Å². The van der Waals surface area contributed by atoms with Crippen LogP contribution in [0.25, 0.3) is 0 Å². The lowest BCUT2D eigenvalue weighted by Gasteiger charge is -2.19. The van der Waals surface area contributed by atoms with Gasteiger partial charge in [-0.1, -0.05) is 250 Å². The normalized spacial score (nSPS) is 11.4. The van der Waals surface area contributed by atoms with Crippen molar-refractivity contribution in [2.45, 2.75) is 245 Å². The minimum Gasteiger partial charge on any atom is -0.310 e. The SMILES string of the molecule is CCCCCCCCCCCCCCCCCCC(CCCCCCCCCCCCCCCCCC)NCc1ccccc1.Cl. The molecule has 1 nitrogen and oxygen atoms in total. The van der Waals surface area contributed by atoms with Gasteiger partial charge in [0.2, 0.25) is 0 Å². The molecule has 1 N–H and O–H groups in total. The molecule has 0 aliphatic carbocycles. The van der Waals surface area contributed by atoms with Gasteiger partial charge in [0.25, 0.3) is 0 Å². The van der Waals surface area contributed by atoms with Crippen molar-refractivity contribution in [1.29, 1.82) is 0 Å². The van der Waals surface area contributed by atoms with Crippen LogP contribution in [0.15, 0.2) is 30.3 Å². The van der Waals surface area contributed by atoms with Crippen LogP contribution in [0.1, 0.15) is 238 Å². The van der Waals surface area contributed by atoms with E-state index < -0.39 is 0 Å². The molecule has 0 aliphatic rings. The summed E-state index contributed by atoms with van der Waals surface area (Å²) in [4.78, 5) is 0. The van der Waals surface area contributed by atoms with Crippen LogP contribution in [-0.2, 0) is 6.54 Å². The first-order valence-electron chi connectivity index (χ1n) is 21.1. The maximum Gasteiger partial charge on any atom is 0.0208 e. The minimum absolute atomic E-state index is 0. The molecule has 1 aromatic rings. The third-order valence-electron chi connectivity index (χ3n) is 10.2. The number of benzene rings is 1. The smallest absolute Gasteiger partial charge is 0.0208 e. The summed E-state index contributed by atoms with van der Waals surface area (Å²) >= 11 is 0. The molecule has 0 heterocycles. The molecule has 0 unspecified atom stereocenters. The third kappa shape index (κ3) is 33.4. The molecule has 1 aromatic carbocycles. The Kier molecular flexibility index (Phi) is 38.5. The van der Waals surface area contributed by atoms with Crippen molar-refractivity contribution < 1.29 is 0 Å². The molecule has 0 saturated heterocycles. The number of nitrogens with one attached hydrogen (secondary N) is 1. The molecule has 0 aliphatic heterocycles. The fourth-order valence-corrected chi connectivity index (χ4v) is 7.08. The highest BCUT2D eigenvalue weighted by Gasteiger charge is 2.08. The topological polar surface area (TPSA) is 12.0 Å². The standard InChI is InChI=1S/C44H83N.ClH/c1-3-5-7-9-11-13-15-17-19-21-23-25-27-29-31-36-40-44(45-42-43-38-34-33-35-39-43)41-37-32-30-28-26-24-22-20-18-16-14-12-10-8-6-4-2;/h33-35,38-39,44-45H,3-32,36-37,40-42H2,1-2H3;1H. The predicted molar refractivity (Wildman–Crippen MR) is 213 cm³/mol. The molecule has 0 amide bonds. The van der Waals surface area contributed by atoms with Gasteiger partial charge >= 0.3 is 0 Å². The van der Waals surface area contributed by atoms with E-state index in [4.69, 9.17) is 0 Å². The monoisotopic (exact) mass is 662 g/mol. The Bertz CT molecular complexity index is 625. The lowest BCUT2D eigenvalue weighted by atomic mass is 9.99. The Morgan fingerprint density at radius 1 is 0.370 bits per heavy atom. The molecule has 0 atom stereocenters. The summed E-state index contributed by atoms with van der Waals surface area (Å²) in [5.41, 5.74) is 1.43. The third-order valence-corrected chi connectivity index (χ3v) is 10.2. The Morgan fingerprint density at radius 2 is 0.630 bits per heavy atom. The molecule has 0 spiro atoms. The number of unbranched alkanes of at least 4 members (excludes halogenated alkanes) is 30. The van der Waals surface area contributed by atoms with Crippen molar-refractivity contribution >= 4 is 12.4 Å². The van der Waals surface area contributed by atoms with Gasteiger partial charge < -0.3 is 5.32 Å². The van der Waals surface area contributed by atoms with Gasteiger partial charge in [-0.3, -0.25) is 0 Å². The van der Waals surface area contributed by atoms with Crippen LogP contribution < -0.4 is 5.32 Å². The quantitative estimate of drug-likeness (QED) is 0.0700. The summed E-state index contributed by atoms with van der Waals surface area (Å²) in [7, 11) is 0. The van der Waals surface area contributed by atoms with Crippen LogP contribution in [-0.4, -0.2) is 6.04 Å². The summed E-state index contributed by atoms with van der Waals surface area (Å²) in [5, 5.41) is 3.94. The first kappa shape index (κ1) is 45.5. The zero-order chi connectivity index (χ0) is 32.1. The Hall–Kier alpha value is -0.530. The van der Waals surface area contributed by atoms with Gasteiger partial charge in [0.1, 0.15) is 0 Å². The maximum absolute atomic E-state index is 3.94. The van der Waals surface area contributed by atoms with E-state index in [0.29, 0.717) is 6.04 Å². The van der Waals surface area contributed by atoms with Crippen LogP contribution in [0.3, 0.4) is 0 Å². The molecule has 0 fully saturated rings. The van der Waals surface area contributed by atoms with Crippen LogP contribution in [0.4, 0.5) is 0 Å². The fraction of sp³-hybridized carbons (Fsp3) is 0.864. The van der Waals surface area contributed by atoms with Crippen molar-refractivity contribution in [2.24, 2.45) is 0 Å². The van der Waals surface area contributed by atoms with Crippen LogP contribution >= 0.6 is 12.4 Å². The molecule has 0 radical (unpaired) electrons. The second-order valence-electron chi connectivity index (χ2n) is 14.7. The highest BCUT2D eigenvalue weighted by atomic mass is 35.5. The van der Waals surface area contributed by atoms with Gasteiger partial charge in [0.05, 0.1) is 0 Å². The van der Waals surface area contributed by atoms with Gasteiger partial charge in [-0.25, -0.2) is 0 Å². The zero-order valence-electron chi connectivity index (χ0n) is 31.6. The Labute approximate surface area is 297 Å². The average molecular weight is 663 g/mol. The lowest BCUT2D eigenvalue weighted by Crippen LogP contribution is -2.28. The van der Waals surface area contributed by atoms with Crippen molar-refractivity contribution in [1.82, 2.24) is 5.32 Å². The van der Waals surface area contributed by atoms with Crippen LogP contribution in [0.5, 0.6) is 0 Å². The minimum atomic E-state index is 0. The largest absolute Gasteiger partial charge is 0.310 e. The second kappa shape index (κ2) is 38.9. The fourth-order valence-electron chi connectivity index (χ4n) is 7.08. The summed E-state index contributed by atoms with van der Waals surface area (Å²) in [5.74, 6) is 0. The maximum atomic E-state index is 3.94. The van der Waals surface area contributed by atoms with E-state index in [0.717, 1.165) is 6.54 Å². The highest BCUT2D eigenvalue weighted by Crippen LogP contribution is 2.18. The molecule has 1 rings (SSSR count). The molecule has 0 bridgehead atoms. The average Bonchev–Trinajstić information content (AvgIpc) is 3.06. The number of rotatable bonds is 37. The van der Waals surface area contributed by atoms with Crippen molar-refractivity contribution in [2.75, 3.05) is 0 Å². The zero-order valence-corrected chi connectivity index (χ0v) is 32.4. The highest BCUT2D eigenvalue weighted by molar-refractivity contribution is 5.85. The van der Waals surface area contributed by atoms with E-state index in [1.807, 2.05) is 0 Å². The molecular weight excluding hydrogens is 578 g/mol. The van der Waals surface area contributed by atoms with E-state index in [-0.39, 0.29) is 12.4 Å². The summed E-state index contributed by atoms with van der Waals surface area (Å²) < 4.78 is 0. The number of hydrogen-bond donors (Lipinski definition) is 1. The van der Waals surface area contributed by atoms with E-state index in [9.17, 15) is 0 Å². The van der Waals surface area contributed by atoms with Crippen LogP contribution in [0.2, 0.25) is 0 Å². The van der Waals surface area contributed by atoms with Crippen molar-refractivity contribution in [3.63, 3.8) is 0 Å². The first-order chi connectivity index (χ1) is 22.4. The first-order valence-corrected chi connectivity index (χ1v) is 21.1. The summed E-state index contributed by atoms with van der Waals surface area (Å²) in [6, 6.07) is 11.7. The van der Waals surface area contributed by atoms with Crippen molar-refractivity contribution in [3.8, 4) is 0 Å². The summed E-state index contributed by atoms with van der Waals surface area (Å²) in [6.45, 7) is 5.65. The van der Waals surface area contributed by atoms with Gasteiger partial charge in [0.15, 0.2) is 0 Å². The Morgan fingerprint density at radius 3 is 0.913 bits per heavy atom. The number of halogens is 1. The van der Waals surface area contributed by atoms with Gasteiger partial charge in [-0.2, -0.15) is 0 Å². The summed E-state index contributed by atoms with van der Waals surface area (Å²) in [6.07, 6.45) is 49.2. The molecule has 0 aromatic heterocycles. The lowest BCUT2D eigenvalue weighted by molar-refractivity contribution is 0.409. The number of hydrogen-bond acceptors (Lipinski definition) is 1. The van der Waals surface area contributed by atoms with E-state index in [1.54, 1.807) is 0 Å². The molecule has 0 saturated carbocycles. The van der Waals surface area contributed by atoms with E-state index >= 15 is 0 Å². The van der Waals surface area contributed by atoms with Crippen molar-refractivity contribution in [3.05, 3.63) is 35.9 Å². The molecule has 46 heavy (non-hydrogen) atoms. The van der Waals surface area contributed by atoms with E-state index in [1.165, 1.54) is 224 Å². The predicted octanol–water partition coefficient (Wildman–Crippen LogP) is 15.9. The molecule has 2 heteroatoms. The van der Waals surface area contributed by atoms with Gasteiger partial charge in [-0.05, 0) is 18.4 Å². The molecular formula is C44H84ClN. The second-order valence-corrected chi connectivity index (χ2v) is 14.7. The Balaban J connectivity index is 0.0000202. The van der Waals surface area contributed by atoms with Gasteiger partial charge in [-0.15, -0.1) is 12.4 Å². The van der Waals surface area contributed by atoms with Crippen LogP contribution in [0, 0.1) is 0 Å². The van der Waals surface area contributed by atoms with E-state index in [2.05, 4.69) is 49.5 Å². The molecule has 272 valence electrons.